The smallest absolute Gasteiger partial charge is 0.340 e. The van der Waals surface area contributed by atoms with E-state index in [1.807, 2.05) is 13.8 Å². The van der Waals surface area contributed by atoms with Crippen LogP contribution in [0.15, 0.2) is 42.5 Å². The number of halogens is 2. The molecule has 2 aromatic carbocycles. The van der Waals surface area contributed by atoms with E-state index in [-0.39, 0.29) is 22.9 Å². The van der Waals surface area contributed by atoms with Gasteiger partial charge in [-0.05, 0) is 55.8 Å². The Morgan fingerprint density at radius 1 is 1.14 bits per heavy atom. The molecule has 0 aliphatic carbocycles. The Labute approximate surface area is 167 Å². The molecule has 0 saturated carbocycles. The molecule has 6 nitrogen and oxygen atoms in total. The average Bonchev–Trinajstić information content (AvgIpc) is 2.66. The van der Waals surface area contributed by atoms with Gasteiger partial charge in [-0.25, -0.2) is 9.18 Å². The molecule has 2 N–H and O–H groups in total. The molecule has 2 rings (SSSR count). The second kappa shape index (κ2) is 9.85. The number of amides is 2. The van der Waals surface area contributed by atoms with Crippen molar-refractivity contribution >= 4 is 35.1 Å². The molecule has 148 valence electrons. The first-order valence-electron chi connectivity index (χ1n) is 8.63. The summed E-state index contributed by atoms with van der Waals surface area (Å²) in [7, 11) is 0. The van der Waals surface area contributed by atoms with Gasteiger partial charge in [0, 0.05) is 16.6 Å². The second-order valence-corrected chi connectivity index (χ2v) is 6.54. The van der Waals surface area contributed by atoms with Crippen LogP contribution in [0.25, 0.3) is 0 Å². The van der Waals surface area contributed by atoms with Crippen molar-refractivity contribution in [2.24, 2.45) is 0 Å². The van der Waals surface area contributed by atoms with E-state index in [4.69, 9.17) is 16.3 Å². The van der Waals surface area contributed by atoms with Crippen molar-refractivity contribution in [3.05, 3.63) is 64.4 Å². The Morgan fingerprint density at radius 3 is 2.46 bits per heavy atom. The van der Waals surface area contributed by atoms with Crippen LogP contribution in [0, 0.1) is 5.82 Å². The minimum atomic E-state index is -0.787. The zero-order valence-electron chi connectivity index (χ0n) is 15.4. The van der Waals surface area contributed by atoms with Crippen LogP contribution in [0.2, 0.25) is 5.02 Å². The molecule has 0 radical (unpaired) electrons. The zero-order valence-corrected chi connectivity index (χ0v) is 16.2. The monoisotopic (exact) mass is 406 g/mol. The molecular formula is C20H20ClFN2O4. The van der Waals surface area contributed by atoms with E-state index in [0.29, 0.717) is 5.02 Å². The zero-order chi connectivity index (χ0) is 20.7. The summed E-state index contributed by atoms with van der Waals surface area (Å²) in [6.45, 7) is 3.31. The fourth-order valence-corrected chi connectivity index (χ4v) is 2.39. The Hall–Kier alpha value is -2.93. The van der Waals surface area contributed by atoms with Crippen LogP contribution in [0.3, 0.4) is 0 Å². The number of hydrogen-bond acceptors (Lipinski definition) is 4. The summed E-state index contributed by atoms with van der Waals surface area (Å²) in [6.07, 6.45) is 0.746. The van der Waals surface area contributed by atoms with Crippen molar-refractivity contribution in [1.82, 2.24) is 5.32 Å². The van der Waals surface area contributed by atoms with Gasteiger partial charge in [-0.15, -0.1) is 0 Å². The predicted molar refractivity (Wildman–Crippen MR) is 104 cm³/mol. The third-order valence-corrected chi connectivity index (χ3v) is 4.15. The first-order chi connectivity index (χ1) is 13.3. The summed E-state index contributed by atoms with van der Waals surface area (Å²) in [5.41, 5.74) is 0.360. The molecular weight excluding hydrogens is 387 g/mol. The number of rotatable bonds is 7. The molecule has 0 heterocycles. The van der Waals surface area contributed by atoms with E-state index in [1.165, 1.54) is 30.3 Å². The molecule has 0 fully saturated rings. The number of ether oxygens (including phenoxy) is 1. The minimum absolute atomic E-state index is 0.0349. The molecule has 2 aromatic rings. The normalized spacial score (nSPS) is 11.4. The van der Waals surface area contributed by atoms with Crippen LogP contribution in [0.5, 0.6) is 0 Å². The molecule has 8 heteroatoms. The summed E-state index contributed by atoms with van der Waals surface area (Å²) in [4.78, 5) is 36.5. The highest BCUT2D eigenvalue weighted by Gasteiger charge is 2.18. The summed E-state index contributed by atoms with van der Waals surface area (Å²) in [5, 5.41) is 5.52. The Bertz CT molecular complexity index is 871. The lowest BCUT2D eigenvalue weighted by Crippen LogP contribution is -2.35. The lowest BCUT2D eigenvalue weighted by atomic mass is 10.1. The molecule has 1 atom stereocenters. The largest absolute Gasteiger partial charge is 0.452 e. The topological polar surface area (TPSA) is 84.5 Å². The Balaban J connectivity index is 2.10. The molecule has 0 spiro atoms. The number of hydrogen-bond donors (Lipinski definition) is 2. The van der Waals surface area contributed by atoms with Gasteiger partial charge >= 0.3 is 5.97 Å². The van der Waals surface area contributed by atoms with Crippen molar-refractivity contribution in [3.8, 4) is 0 Å². The van der Waals surface area contributed by atoms with Gasteiger partial charge in [0.1, 0.15) is 5.82 Å². The van der Waals surface area contributed by atoms with Gasteiger partial charge in [0.2, 0.25) is 0 Å². The van der Waals surface area contributed by atoms with Crippen LogP contribution in [-0.4, -0.2) is 30.4 Å². The van der Waals surface area contributed by atoms with Gasteiger partial charge in [-0.2, -0.15) is 0 Å². The third kappa shape index (κ3) is 6.06. The van der Waals surface area contributed by atoms with E-state index in [1.54, 1.807) is 0 Å². The maximum absolute atomic E-state index is 13.0. The van der Waals surface area contributed by atoms with E-state index in [0.717, 1.165) is 18.6 Å². The van der Waals surface area contributed by atoms with Gasteiger partial charge in [0.25, 0.3) is 11.8 Å². The van der Waals surface area contributed by atoms with E-state index in [2.05, 4.69) is 10.6 Å². The van der Waals surface area contributed by atoms with Crippen LogP contribution >= 0.6 is 11.6 Å². The van der Waals surface area contributed by atoms with Gasteiger partial charge in [0.05, 0.1) is 11.3 Å². The lowest BCUT2D eigenvalue weighted by Gasteiger charge is -2.13. The first kappa shape index (κ1) is 21.4. The molecule has 0 saturated heterocycles. The number of carbonyl (C=O) groups excluding carboxylic acids is 3. The third-order valence-electron chi connectivity index (χ3n) is 3.91. The highest BCUT2D eigenvalue weighted by Crippen LogP contribution is 2.23. The van der Waals surface area contributed by atoms with Crippen molar-refractivity contribution in [3.63, 3.8) is 0 Å². The summed E-state index contributed by atoms with van der Waals surface area (Å²) >= 11 is 5.96. The van der Waals surface area contributed by atoms with Gasteiger partial charge in [0.15, 0.2) is 6.61 Å². The SMILES string of the molecule is CC[C@H](C)NC(=O)COC(=O)c1ccc(Cl)cc1NC(=O)c1ccc(F)cc1. The molecule has 0 unspecified atom stereocenters. The fourth-order valence-electron chi connectivity index (χ4n) is 2.22. The minimum Gasteiger partial charge on any atom is -0.452 e. The van der Waals surface area contributed by atoms with E-state index in [9.17, 15) is 18.8 Å². The number of esters is 1. The average molecular weight is 407 g/mol. The quantitative estimate of drug-likeness (QED) is 0.685. The van der Waals surface area contributed by atoms with Gasteiger partial charge < -0.3 is 15.4 Å². The highest BCUT2D eigenvalue weighted by molar-refractivity contribution is 6.31. The molecule has 0 aliphatic heterocycles. The van der Waals surface area contributed by atoms with Crippen molar-refractivity contribution in [1.29, 1.82) is 0 Å². The summed E-state index contributed by atoms with van der Waals surface area (Å²) < 4.78 is 18.0. The van der Waals surface area contributed by atoms with Crippen molar-refractivity contribution in [2.45, 2.75) is 26.3 Å². The number of benzene rings is 2. The molecule has 2 amide bonds. The maximum Gasteiger partial charge on any atom is 0.340 e. The highest BCUT2D eigenvalue weighted by atomic mass is 35.5. The molecule has 0 aromatic heterocycles. The number of anilines is 1. The fraction of sp³-hybridized carbons (Fsp3) is 0.250. The van der Waals surface area contributed by atoms with Crippen LogP contribution in [-0.2, 0) is 9.53 Å². The van der Waals surface area contributed by atoms with E-state index < -0.39 is 30.2 Å². The van der Waals surface area contributed by atoms with Crippen molar-refractivity contribution < 1.29 is 23.5 Å². The van der Waals surface area contributed by atoms with Crippen LogP contribution < -0.4 is 10.6 Å². The standard InChI is InChI=1S/C20H20ClFN2O4/c1-3-12(2)23-18(25)11-28-20(27)16-9-6-14(21)10-17(16)24-19(26)13-4-7-15(22)8-5-13/h4-10,12H,3,11H2,1-2H3,(H,23,25)(H,24,26)/t12-/m0/s1. The van der Waals surface area contributed by atoms with Crippen molar-refractivity contribution in [2.75, 3.05) is 11.9 Å². The first-order valence-corrected chi connectivity index (χ1v) is 9.01. The maximum atomic E-state index is 13.0. The molecule has 0 aliphatic rings. The number of carbonyl (C=O) groups is 3. The lowest BCUT2D eigenvalue weighted by molar-refractivity contribution is -0.124. The predicted octanol–water partition coefficient (Wildman–Crippen LogP) is 3.80. The second-order valence-electron chi connectivity index (χ2n) is 6.10. The Kier molecular flexibility index (Phi) is 7.52. The number of nitrogens with one attached hydrogen (secondary N) is 2. The van der Waals surface area contributed by atoms with E-state index >= 15 is 0 Å². The molecule has 0 bridgehead atoms. The summed E-state index contributed by atoms with van der Waals surface area (Å²) in [5.74, 6) is -2.23. The van der Waals surface area contributed by atoms with Crippen LogP contribution in [0.1, 0.15) is 41.0 Å². The molecule has 28 heavy (non-hydrogen) atoms. The Morgan fingerprint density at radius 2 is 1.82 bits per heavy atom. The van der Waals surface area contributed by atoms with Gasteiger partial charge in [-0.3, -0.25) is 9.59 Å². The summed E-state index contributed by atoms with van der Waals surface area (Å²) in [6, 6.07) is 9.13. The van der Waals surface area contributed by atoms with Gasteiger partial charge in [-0.1, -0.05) is 18.5 Å². The van der Waals surface area contributed by atoms with Crippen LogP contribution in [0.4, 0.5) is 10.1 Å².